The molecule has 0 radical (unpaired) electrons. The van der Waals surface area contributed by atoms with Crippen molar-refractivity contribution in [3.05, 3.63) is 60.2 Å². The van der Waals surface area contributed by atoms with E-state index in [9.17, 15) is 13.2 Å². The lowest BCUT2D eigenvalue weighted by molar-refractivity contribution is -0.139. The lowest BCUT2D eigenvalue weighted by atomic mass is 9.84. The van der Waals surface area contributed by atoms with Crippen LogP contribution in [0.4, 0.5) is 0 Å². The molecule has 6 nitrogen and oxygen atoms in total. The first kappa shape index (κ1) is 21.8. The highest BCUT2D eigenvalue weighted by atomic mass is 32.2. The second kappa shape index (κ2) is 9.40. The van der Waals surface area contributed by atoms with Crippen molar-refractivity contribution in [1.82, 2.24) is 9.62 Å². The van der Waals surface area contributed by atoms with E-state index in [1.165, 1.54) is 0 Å². The van der Waals surface area contributed by atoms with Crippen molar-refractivity contribution in [3.63, 3.8) is 0 Å². The maximum absolute atomic E-state index is 13.0. The molecule has 7 heteroatoms. The number of carbonyl (C=O) groups is 1. The maximum Gasteiger partial charge on any atom is 0.225 e. The van der Waals surface area contributed by atoms with Crippen molar-refractivity contribution < 1.29 is 17.9 Å². The van der Waals surface area contributed by atoms with Gasteiger partial charge in [-0.15, -0.1) is 0 Å². The molecular formula is C24H30N2O4S. The Morgan fingerprint density at radius 2 is 1.81 bits per heavy atom. The molecule has 1 saturated heterocycles. The average molecular weight is 443 g/mol. The second-order valence-corrected chi connectivity index (χ2v) is 10.5. The second-order valence-electron chi connectivity index (χ2n) is 8.41. The van der Waals surface area contributed by atoms with Crippen LogP contribution in [-0.4, -0.2) is 43.6 Å². The SMILES string of the molecule is CCS(=O)(=O)N[C@H]1CCN(C(=O)C2CCC2)[C@H]1Cc1cccc(Oc2ccccc2)c1. The summed E-state index contributed by atoms with van der Waals surface area (Å²) in [7, 11) is -3.35. The van der Waals surface area contributed by atoms with Gasteiger partial charge in [-0.25, -0.2) is 13.1 Å². The van der Waals surface area contributed by atoms with Crippen LogP contribution < -0.4 is 9.46 Å². The monoisotopic (exact) mass is 442 g/mol. The lowest BCUT2D eigenvalue weighted by Crippen LogP contribution is -2.50. The zero-order valence-electron chi connectivity index (χ0n) is 17.9. The number of rotatable bonds is 8. The van der Waals surface area contributed by atoms with Gasteiger partial charge in [-0.3, -0.25) is 4.79 Å². The van der Waals surface area contributed by atoms with E-state index in [0.717, 1.165) is 36.3 Å². The Morgan fingerprint density at radius 3 is 2.48 bits per heavy atom. The molecule has 1 heterocycles. The van der Waals surface area contributed by atoms with Gasteiger partial charge in [0.2, 0.25) is 15.9 Å². The first-order valence-electron chi connectivity index (χ1n) is 11.1. The quantitative estimate of drug-likeness (QED) is 0.676. The number of nitrogens with zero attached hydrogens (tertiary/aromatic N) is 1. The Labute approximate surface area is 184 Å². The van der Waals surface area contributed by atoms with Crippen molar-refractivity contribution in [2.45, 2.75) is 51.1 Å². The molecule has 1 aliphatic heterocycles. The van der Waals surface area contributed by atoms with E-state index in [1.54, 1.807) is 6.92 Å². The number of nitrogens with one attached hydrogen (secondary N) is 1. The van der Waals surface area contributed by atoms with Crippen LogP contribution >= 0.6 is 0 Å². The smallest absolute Gasteiger partial charge is 0.225 e. The van der Waals surface area contributed by atoms with Gasteiger partial charge in [0.15, 0.2) is 0 Å². The Kier molecular flexibility index (Phi) is 6.62. The Morgan fingerprint density at radius 1 is 1.06 bits per heavy atom. The van der Waals surface area contributed by atoms with Gasteiger partial charge in [0.1, 0.15) is 11.5 Å². The van der Waals surface area contributed by atoms with Crippen molar-refractivity contribution in [1.29, 1.82) is 0 Å². The number of likely N-dealkylation sites (tertiary alicyclic amines) is 1. The van der Waals surface area contributed by atoms with E-state index in [-0.39, 0.29) is 29.7 Å². The van der Waals surface area contributed by atoms with Crippen LogP contribution in [0.25, 0.3) is 0 Å². The zero-order valence-corrected chi connectivity index (χ0v) is 18.7. The van der Waals surface area contributed by atoms with Gasteiger partial charge in [-0.05, 0) is 62.4 Å². The molecule has 1 amide bonds. The number of hydrogen-bond acceptors (Lipinski definition) is 4. The molecule has 0 aromatic heterocycles. The van der Waals surface area contributed by atoms with Crippen LogP contribution in [0.15, 0.2) is 54.6 Å². The molecular weight excluding hydrogens is 412 g/mol. The minimum absolute atomic E-state index is 0.0349. The summed E-state index contributed by atoms with van der Waals surface area (Å²) in [5.74, 6) is 1.79. The molecule has 2 aromatic rings. The normalized spacial score (nSPS) is 21.6. The third-order valence-corrected chi connectivity index (χ3v) is 7.74. The Balaban J connectivity index is 1.54. The van der Waals surface area contributed by atoms with Crippen molar-refractivity contribution in [2.75, 3.05) is 12.3 Å². The van der Waals surface area contributed by atoms with E-state index in [0.29, 0.717) is 19.4 Å². The van der Waals surface area contributed by atoms with Crippen LogP contribution in [0.2, 0.25) is 0 Å². The fourth-order valence-corrected chi connectivity index (χ4v) is 5.23. The first-order chi connectivity index (χ1) is 14.9. The molecule has 1 aliphatic carbocycles. The highest BCUT2D eigenvalue weighted by molar-refractivity contribution is 7.89. The van der Waals surface area contributed by atoms with Crippen LogP contribution in [0.3, 0.4) is 0 Å². The van der Waals surface area contributed by atoms with Crippen LogP contribution in [-0.2, 0) is 21.2 Å². The topological polar surface area (TPSA) is 75.7 Å². The van der Waals surface area contributed by atoms with E-state index in [4.69, 9.17) is 4.74 Å². The molecule has 166 valence electrons. The number of amides is 1. The van der Waals surface area contributed by atoms with E-state index < -0.39 is 10.0 Å². The van der Waals surface area contributed by atoms with Crippen LogP contribution in [0.1, 0.15) is 38.2 Å². The van der Waals surface area contributed by atoms with Gasteiger partial charge in [0.25, 0.3) is 0 Å². The molecule has 31 heavy (non-hydrogen) atoms. The average Bonchev–Trinajstić information content (AvgIpc) is 3.09. The minimum Gasteiger partial charge on any atom is -0.457 e. The number of ether oxygens (including phenoxy) is 1. The summed E-state index contributed by atoms with van der Waals surface area (Å²) >= 11 is 0. The Hall–Kier alpha value is -2.38. The van der Waals surface area contributed by atoms with E-state index >= 15 is 0 Å². The summed E-state index contributed by atoms with van der Waals surface area (Å²) in [5.41, 5.74) is 1.02. The first-order valence-corrected chi connectivity index (χ1v) is 12.7. The summed E-state index contributed by atoms with van der Waals surface area (Å²) in [6, 6.07) is 16.9. The summed E-state index contributed by atoms with van der Waals surface area (Å²) in [6.45, 7) is 2.23. The van der Waals surface area contributed by atoms with Crippen LogP contribution in [0.5, 0.6) is 11.5 Å². The number of hydrogen-bond donors (Lipinski definition) is 1. The molecule has 2 aliphatic rings. The van der Waals surface area contributed by atoms with E-state index in [1.807, 2.05) is 59.5 Å². The molecule has 2 fully saturated rings. The molecule has 0 spiro atoms. The molecule has 2 aromatic carbocycles. The van der Waals surface area contributed by atoms with Gasteiger partial charge < -0.3 is 9.64 Å². The third kappa shape index (κ3) is 5.28. The number of carbonyl (C=O) groups excluding carboxylic acids is 1. The summed E-state index contributed by atoms with van der Waals surface area (Å²) < 4.78 is 33.3. The predicted molar refractivity (Wildman–Crippen MR) is 121 cm³/mol. The Bertz CT molecular complexity index is 1010. The molecule has 1 N–H and O–H groups in total. The van der Waals surface area contributed by atoms with Gasteiger partial charge in [0, 0.05) is 18.5 Å². The number of benzene rings is 2. The molecule has 0 unspecified atom stereocenters. The highest BCUT2D eigenvalue weighted by Crippen LogP contribution is 2.33. The fourth-order valence-electron chi connectivity index (χ4n) is 4.32. The highest BCUT2D eigenvalue weighted by Gasteiger charge is 2.41. The number of para-hydroxylation sites is 1. The molecule has 4 rings (SSSR count). The number of sulfonamides is 1. The predicted octanol–water partition coefficient (Wildman–Crippen LogP) is 3.73. The maximum atomic E-state index is 13.0. The molecule has 0 bridgehead atoms. The zero-order chi connectivity index (χ0) is 21.8. The summed E-state index contributed by atoms with van der Waals surface area (Å²) in [5, 5.41) is 0. The van der Waals surface area contributed by atoms with Crippen molar-refractivity contribution in [2.24, 2.45) is 5.92 Å². The minimum atomic E-state index is -3.35. The van der Waals surface area contributed by atoms with Crippen molar-refractivity contribution >= 4 is 15.9 Å². The molecule has 1 saturated carbocycles. The fraction of sp³-hybridized carbons (Fsp3) is 0.458. The van der Waals surface area contributed by atoms with Crippen LogP contribution in [0, 0.1) is 5.92 Å². The largest absolute Gasteiger partial charge is 0.457 e. The van der Waals surface area contributed by atoms with Gasteiger partial charge in [-0.2, -0.15) is 0 Å². The lowest BCUT2D eigenvalue weighted by Gasteiger charge is -2.34. The van der Waals surface area contributed by atoms with Crippen molar-refractivity contribution in [3.8, 4) is 11.5 Å². The third-order valence-electron chi connectivity index (χ3n) is 6.32. The van der Waals surface area contributed by atoms with Gasteiger partial charge in [0.05, 0.1) is 11.8 Å². The van der Waals surface area contributed by atoms with Gasteiger partial charge >= 0.3 is 0 Å². The summed E-state index contributed by atoms with van der Waals surface area (Å²) in [4.78, 5) is 15.0. The summed E-state index contributed by atoms with van der Waals surface area (Å²) in [6.07, 6.45) is 4.20. The van der Waals surface area contributed by atoms with Gasteiger partial charge in [-0.1, -0.05) is 36.8 Å². The van der Waals surface area contributed by atoms with E-state index in [2.05, 4.69) is 4.72 Å². The standard InChI is InChI=1S/C24H30N2O4S/c1-2-31(28,29)25-22-14-15-26(24(27)19-9-7-10-19)23(22)17-18-8-6-13-21(16-18)30-20-11-4-3-5-12-20/h3-6,8,11-13,16,19,22-23,25H,2,7,9-10,14-15,17H2,1H3/t22-,23-/m0/s1. The molecule has 2 atom stereocenters.